The molecule has 0 saturated carbocycles. The first-order chi connectivity index (χ1) is 6.02. The van der Waals surface area contributed by atoms with E-state index in [0.29, 0.717) is 5.56 Å². The summed E-state index contributed by atoms with van der Waals surface area (Å²) in [6, 6.07) is 3.50. The maximum atomic E-state index is 10.5. The molecule has 0 radical (unpaired) electrons. The number of rotatable bonds is 2. The van der Waals surface area contributed by atoms with Gasteiger partial charge in [-0.1, -0.05) is 12.1 Å². The van der Waals surface area contributed by atoms with Gasteiger partial charge in [0.1, 0.15) is 5.75 Å². The molecule has 0 aromatic heterocycles. The molecular weight excluding hydrogens is 188 g/mol. The van der Waals surface area contributed by atoms with E-state index in [-0.39, 0.29) is 11.5 Å². The van der Waals surface area contributed by atoms with Gasteiger partial charge in [0.25, 0.3) is 0 Å². The molecule has 0 amide bonds. The zero-order chi connectivity index (χ0) is 10.0. The maximum Gasteiger partial charge on any atom is 0.157 e. The SMILES string of the molecule is Cc1ccc(CS(=O)O)c(O)c1C. The second kappa shape index (κ2) is 3.89. The van der Waals surface area contributed by atoms with E-state index in [2.05, 4.69) is 0 Å². The van der Waals surface area contributed by atoms with Crippen molar-refractivity contribution in [3.05, 3.63) is 28.8 Å². The van der Waals surface area contributed by atoms with E-state index in [1.807, 2.05) is 13.0 Å². The summed E-state index contributed by atoms with van der Waals surface area (Å²) in [7, 11) is 0. The quantitative estimate of drug-likeness (QED) is 0.715. The van der Waals surface area contributed by atoms with Crippen LogP contribution in [0.1, 0.15) is 16.7 Å². The minimum Gasteiger partial charge on any atom is -0.507 e. The smallest absolute Gasteiger partial charge is 0.157 e. The highest BCUT2D eigenvalue weighted by atomic mass is 32.2. The van der Waals surface area contributed by atoms with Crippen molar-refractivity contribution in [2.45, 2.75) is 19.6 Å². The van der Waals surface area contributed by atoms with Crippen molar-refractivity contribution < 1.29 is 13.9 Å². The number of phenolic OH excluding ortho intramolecular Hbond substituents is 1. The van der Waals surface area contributed by atoms with Gasteiger partial charge in [-0.15, -0.1) is 0 Å². The number of aromatic hydroxyl groups is 1. The third-order valence-corrected chi connectivity index (χ3v) is 2.62. The zero-order valence-electron chi connectivity index (χ0n) is 7.57. The van der Waals surface area contributed by atoms with E-state index in [1.54, 1.807) is 13.0 Å². The van der Waals surface area contributed by atoms with Gasteiger partial charge in [-0.05, 0) is 25.0 Å². The highest BCUT2D eigenvalue weighted by Gasteiger charge is 2.08. The molecule has 0 spiro atoms. The van der Waals surface area contributed by atoms with Gasteiger partial charge in [-0.3, -0.25) is 0 Å². The van der Waals surface area contributed by atoms with E-state index in [9.17, 15) is 9.32 Å². The van der Waals surface area contributed by atoms with E-state index in [0.717, 1.165) is 11.1 Å². The molecule has 0 fully saturated rings. The number of hydrogen-bond acceptors (Lipinski definition) is 2. The maximum absolute atomic E-state index is 10.5. The van der Waals surface area contributed by atoms with Crippen LogP contribution in [0.4, 0.5) is 0 Å². The summed E-state index contributed by atoms with van der Waals surface area (Å²) in [6.45, 7) is 3.67. The van der Waals surface area contributed by atoms with E-state index < -0.39 is 11.1 Å². The van der Waals surface area contributed by atoms with Gasteiger partial charge < -0.3 is 9.66 Å². The Labute approximate surface area is 79.7 Å². The molecule has 0 saturated heterocycles. The minimum atomic E-state index is -1.90. The Morgan fingerprint density at radius 2 is 2.00 bits per heavy atom. The van der Waals surface area contributed by atoms with Gasteiger partial charge in [0, 0.05) is 5.56 Å². The number of phenols is 1. The average molecular weight is 200 g/mol. The fourth-order valence-electron chi connectivity index (χ4n) is 1.11. The molecule has 1 aromatic carbocycles. The lowest BCUT2D eigenvalue weighted by atomic mass is 10.1. The van der Waals surface area contributed by atoms with Crippen molar-refractivity contribution in [1.29, 1.82) is 0 Å². The van der Waals surface area contributed by atoms with E-state index in [1.165, 1.54) is 0 Å². The molecule has 72 valence electrons. The molecule has 0 aliphatic carbocycles. The Morgan fingerprint density at radius 1 is 1.38 bits per heavy atom. The number of benzene rings is 1. The van der Waals surface area contributed by atoms with Crippen LogP contribution in [0.15, 0.2) is 12.1 Å². The van der Waals surface area contributed by atoms with E-state index >= 15 is 0 Å². The van der Waals surface area contributed by atoms with Crippen LogP contribution < -0.4 is 0 Å². The first-order valence-electron chi connectivity index (χ1n) is 3.88. The summed E-state index contributed by atoms with van der Waals surface area (Å²) >= 11 is -1.90. The number of aryl methyl sites for hydroxylation is 1. The fourth-order valence-corrected chi connectivity index (χ4v) is 1.61. The van der Waals surface area contributed by atoms with Crippen LogP contribution in [0.5, 0.6) is 5.75 Å². The first-order valence-corrected chi connectivity index (χ1v) is 5.15. The lowest BCUT2D eigenvalue weighted by molar-refractivity contribution is 0.464. The summed E-state index contributed by atoms with van der Waals surface area (Å²) in [5.74, 6) is 0.106. The predicted molar refractivity (Wildman–Crippen MR) is 52.1 cm³/mol. The Balaban J connectivity index is 3.10. The van der Waals surface area contributed by atoms with Crippen molar-refractivity contribution in [1.82, 2.24) is 0 Å². The third-order valence-electron chi connectivity index (χ3n) is 2.06. The molecule has 3 nitrogen and oxygen atoms in total. The Bertz CT molecular complexity index is 347. The monoisotopic (exact) mass is 200 g/mol. The first kappa shape index (κ1) is 10.2. The third kappa shape index (κ3) is 2.29. The number of hydrogen-bond donors (Lipinski definition) is 2. The van der Waals surface area contributed by atoms with Crippen LogP contribution >= 0.6 is 0 Å². The van der Waals surface area contributed by atoms with Gasteiger partial charge in [-0.2, -0.15) is 0 Å². The van der Waals surface area contributed by atoms with Crippen molar-refractivity contribution >= 4 is 11.1 Å². The van der Waals surface area contributed by atoms with Gasteiger partial charge in [0.15, 0.2) is 11.1 Å². The largest absolute Gasteiger partial charge is 0.507 e. The van der Waals surface area contributed by atoms with Gasteiger partial charge >= 0.3 is 0 Å². The van der Waals surface area contributed by atoms with Crippen LogP contribution in [-0.4, -0.2) is 13.9 Å². The molecule has 0 aliphatic heterocycles. The molecule has 1 rings (SSSR count). The van der Waals surface area contributed by atoms with Crippen LogP contribution in [0.3, 0.4) is 0 Å². The minimum absolute atomic E-state index is 0.0209. The normalized spacial score (nSPS) is 12.8. The van der Waals surface area contributed by atoms with E-state index in [4.69, 9.17) is 4.55 Å². The van der Waals surface area contributed by atoms with Gasteiger partial charge in [0.05, 0.1) is 5.75 Å². The molecule has 1 atom stereocenters. The van der Waals surface area contributed by atoms with Gasteiger partial charge in [0.2, 0.25) is 0 Å². The second-order valence-electron chi connectivity index (χ2n) is 2.98. The molecule has 4 heteroatoms. The highest BCUT2D eigenvalue weighted by Crippen LogP contribution is 2.25. The fraction of sp³-hybridized carbons (Fsp3) is 0.333. The highest BCUT2D eigenvalue weighted by molar-refractivity contribution is 7.78. The molecular formula is C9H12O3S. The van der Waals surface area contributed by atoms with Crippen LogP contribution in [-0.2, 0) is 16.8 Å². The summed E-state index contributed by atoms with van der Waals surface area (Å²) < 4.78 is 19.2. The predicted octanol–water partition coefficient (Wildman–Crippen LogP) is 1.73. The molecule has 0 aliphatic rings. The zero-order valence-corrected chi connectivity index (χ0v) is 8.39. The lowest BCUT2D eigenvalue weighted by Gasteiger charge is -2.07. The summed E-state index contributed by atoms with van der Waals surface area (Å²) in [5.41, 5.74) is 2.26. The summed E-state index contributed by atoms with van der Waals surface area (Å²) in [4.78, 5) is 0. The van der Waals surface area contributed by atoms with Gasteiger partial charge in [-0.25, -0.2) is 4.21 Å². The standard InChI is InChI=1S/C9H12O3S/c1-6-3-4-8(5-13(11)12)9(10)7(6)2/h3-4,10H,5H2,1-2H3,(H,11,12). The van der Waals surface area contributed by atoms with Crippen molar-refractivity contribution in [3.8, 4) is 5.75 Å². The summed E-state index contributed by atoms with van der Waals surface area (Å²) in [5, 5.41) is 9.58. The van der Waals surface area contributed by atoms with Crippen molar-refractivity contribution in [2.24, 2.45) is 0 Å². The lowest BCUT2D eigenvalue weighted by Crippen LogP contribution is -1.95. The molecule has 0 heterocycles. The Kier molecular flexibility index (Phi) is 3.06. The molecule has 1 unspecified atom stereocenters. The topological polar surface area (TPSA) is 57.5 Å². The molecule has 13 heavy (non-hydrogen) atoms. The Hall–Kier alpha value is -0.870. The van der Waals surface area contributed by atoms with Crippen LogP contribution in [0, 0.1) is 13.8 Å². The molecule has 2 N–H and O–H groups in total. The molecule has 1 aromatic rings. The van der Waals surface area contributed by atoms with Crippen LogP contribution in [0.25, 0.3) is 0 Å². The Morgan fingerprint density at radius 3 is 2.54 bits per heavy atom. The van der Waals surface area contributed by atoms with Crippen LogP contribution in [0.2, 0.25) is 0 Å². The summed E-state index contributed by atoms with van der Waals surface area (Å²) in [6.07, 6.45) is 0. The average Bonchev–Trinajstić information content (AvgIpc) is 2.06. The van der Waals surface area contributed by atoms with Crippen molar-refractivity contribution in [3.63, 3.8) is 0 Å². The second-order valence-corrected chi connectivity index (χ2v) is 3.91. The molecule has 0 bridgehead atoms. The van der Waals surface area contributed by atoms with Crippen molar-refractivity contribution in [2.75, 3.05) is 0 Å².